The summed E-state index contributed by atoms with van der Waals surface area (Å²) < 4.78 is 10.4. The van der Waals surface area contributed by atoms with Crippen molar-refractivity contribution in [2.75, 3.05) is 12.4 Å². The molecule has 0 spiro atoms. The second kappa shape index (κ2) is 7.82. The van der Waals surface area contributed by atoms with Gasteiger partial charge in [-0.15, -0.1) is 0 Å². The van der Waals surface area contributed by atoms with Gasteiger partial charge < -0.3 is 14.6 Å². The van der Waals surface area contributed by atoms with Crippen LogP contribution in [0.4, 0.5) is 5.69 Å². The number of carbonyl (C=O) groups is 1. The van der Waals surface area contributed by atoms with Crippen LogP contribution in [0.25, 0.3) is 6.08 Å². The summed E-state index contributed by atoms with van der Waals surface area (Å²) in [5, 5.41) is 6.69. The van der Waals surface area contributed by atoms with Crippen LogP contribution in [-0.4, -0.2) is 18.2 Å². The van der Waals surface area contributed by atoms with Crippen molar-refractivity contribution in [3.8, 4) is 5.75 Å². The normalized spacial score (nSPS) is 19.0. The van der Waals surface area contributed by atoms with Gasteiger partial charge in [0.05, 0.1) is 7.11 Å². The Morgan fingerprint density at radius 1 is 1.33 bits per heavy atom. The summed E-state index contributed by atoms with van der Waals surface area (Å²) in [7, 11) is 1.60. The molecule has 5 heteroatoms. The van der Waals surface area contributed by atoms with Gasteiger partial charge in [-0.2, -0.15) is 0 Å². The second-order valence-corrected chi connectivity index (χ2v) is 7.61. The molecule has 1 aliphatic carbocycles. The lowest BCUT2D eigenvalue weighted by molar-refractivity contribution is 0.101. The molecule has 1 aliphatic rings. The Labute approximate surface area is 160 Å². The largest absolute Gasteiger partial charge is 0.497 e. The van der Waals surface area contributed by atoms with E-state index in [1.54, 1.807) is 37.4 Å². The summed E-state index contributed by atoms with van der Waals surface area (Å²) in [5.74, 6) is 1.35. The highest BCUT2D eigenvalue weighted by Gasteiger charge is 2.30. The predicted octanol–water partition coefficient (Wildman–Crippen LogP) is 5.33. The van der Waals surface area contributed by atoms with E-state index in [0.29, 0.717) is 17.4 Å². The Morgan fingerprint density at radius 2 is 2.07 bits per heavy atom. The first-order valence-electron chi connectivity index (χ1n) is 9.16. The van der Waals surface area contributed by atoms with E-state index in [9.17, 15) is 4.79 Å². The van der Waals surface area contributed by atoms with E-state index in [0.717, 1.165) is 18.6 Å². The average Bonchev–Trinajstić information content (AvgIpc) is 3.10. The van der Waals surface area contributed by atoms with Crippen molar-refractivity contribution >= 4 is 17.7 Å². The summed E-state index contributed by atoms with van der Waals surface area (Å²) in [6, 6.07) is 8.78. The van der Waals surface area contributed by atoms with Crippen LogP contribution in [-0.2, 0) is 0 Å². The molecule has 0 fully saturated rings. The number of amides is 1. The van der Waals surface area contributed by atoms with E-state index < -0.39 is 0 Å². The second-order valence-electron chi connectivity index (χ2n) is 7.61. The van der Waals surface area contributed by atoms with Crippen LogP contribution in [0.1, 0.15) is 49.9 Å². The molecule has 0 radical (unpaired) electrons. The van der Waals surface area contributed by atoms with Crippen molar-refractivity contribution in [1.82, 2.24) is 5.16 Å². The molecule has 2 aromatic rings. The van der Waals surface area contributed by atoms with Crippen molar-refractivity contribution < 1.29 is 14.1 Å². The average molecular weight is 366 g/mol. The molecule has 0 bridgehead atoms. The van der Waals surface area contributed by atoms with E-state index in [-0.39, 0.29) is 17.0 Å². The number of ether oxygens (including phenoxy) is 1. The fourth-order valence-corrected chi connectivity index (χ4v) is 3.52. The van der Waals surface area contributed by atoms with Crippen LogP contribution in [0, 0.1) is 11.3 Å². The number of rotatable bonds is 5. The molecule has 1 aromatic heterocycles. The highest BCUT2D eigenvalue weighted by atomic mass is 16.5. The molecule has 1 amide bonds. The minimum Gasteiger partial charge on any atom is -0.497 e. The zero-order chi connectivity index (χ0) is 19.4. The Morgan fingerprint density at radius 3 is 2.74 bits per heavy atom. The topological polar surface area (TPSA) is 64.4 Å². The molecule has 27 heavy (non-hydrogen) atoms. The lowest BCUT2D eigenvalue weighted by Crippen LogP contribution is -2.26. The minimum atomic E-state index is -0.308. The van der Waals surface area contributed by atoms with E-state index in [1.165, 1.54) is 5.57 Å². The molecule has 1 atom stereocenters. The molecule has 0 saturated carbocycles. The molecule has 1 heterocycles. The van der Waals surface area contributed by atoms with Crippen LogP contribution in [0.5, 0.6) is 5.75 Å². The molecule has 142 valence electrons. The third-order valence-corrected chi connectivity index (χ3v) is 5.15. The SMILES string of the molecule is COc1ccc(NC(=O)c2cc(/C=C/C3C(C)=CCCC3(C)C)on2)cc1. The third kappa shape index (κ3) is 4.48. The molecule has 1 aromatic carbocycles. The first-order chi connectivity index (χ1) is 12.9. The number of allylic oxidation sites excluding steroid dienone is 3. The maximum Gasteiger partial charge on any atom is 0.277 e. The highest BCUT2D eigenvalue weighted by molar-refractivity contribution is 6.03. The van der Waals surface area contributed by atoms with E-state index in [1.807, 2.05) is 6.08 Å². The molecule has 0 saturated heterocycles. The first kappa shape index (κ1) is 19.0. The molecule has 5 nitrogen and oxygen atoms in total. The molecule has 3 rings (SSSR count). The molecule has 1 N–H and O–H groups in total. The Kier molecular flexibility index (Phi) is 5.49. The molecular weight excluding hydrogens is 340 g/mol. The number of hydrogen-bond acceptors (Lipinski definition) is 4. The van der Waals surface area contributed by atoms with Crippen LogP contribution < -0.4 is 10.1 Å². The monoisotopic (exact) mass is 366 g/mol. The highest BCUT2D eigenvalue weighted by Crippen LogP contribution is 2.41. The number of benzene rings is 1. The molecular formula is C22H26N2O3. The summed E-state index contributed by atoms with van der Waals surface area (Å²) in [4.78, 5) is 12.3. The maximum absolute atomic E-state index is 12.3. The van der Waals surface area contributed by atoms with Gasteiger partial charge in [-0.3, -0.25) is 4.79 Å². The van der Waals surface area contributed by atoms with E-state index in [2.05, 4.69) is 43.4 Å². The van der Waals surface area contributed by atoms with Gasteiger partial charge in [0.25, 0.3) is 5.91 Å². The van der Waals surface area contributed by atoms with Crippen molar-refractivity contribution in [1.29, 1.82) is 0 Å². The van der Waals surface area contributed by atoms with Crippen LogP contribution in [0.15, 0.2) is 52.6 Å². The first-order valence-corrected chi connectivity index (χ1v) is 9.16. The number of anilines is 1. The fourth-order valence-electron chi connectivity index (χ4n) is 3.52. The zero-order valence-electron chi connectivity index (χ0n) is 16.3. The fraction of sp³-hybridized carbons (Fsp3) is 0.364. The smallest absolute Gasteiger partial charge is 0.277 e. The summed E-state index contributed by atoms with van der Waals surface area (Å²) in [6.45, 7) is 6.74. The number of aromatic nitrogens is 1. The summed E-state index contributed by atoms with van der Waals surface area (Å²) in [5.41, 5.74) is 2.51. The third-order valence-electron chi connectivity index (χ3n) is 5.15. The maximum atomic E-state index is 12.3. The van der Waals surface area contributed by atoms with Gasteiger partial charge in [-0.25, -0.2) is 0 Å². The van der Waals surface area contributed by atoms with Gasteiger partial charge in [0.2, 0.25) is 0 Å². The van der Waals surface area contributed by atoms with Gasteiger partial charge in [0, 0.05) is 17.7 Å². The predicted molar refractivity (Wildman–Crippen MR) is 107 cm³/mol. The van der Waals surface area contributed by atoms with Crippen LogP contribution in [0.3, 0.4) is 0 Å². The van der Waals surface area contributed by atoms with E-state index >= 15 is 0 Å². The minimum absolute atomic E-state index is 0.212. The van der Waals surface area contributed by atoms with Crippen molar-refractivity contribution in [2.45, 2.75) is 33.6 Å². The number of nitrogens with zero attached hydrogens (tertiary/aromatic N) is 1. The van der Waals surface area contributed by atoms with Crippen molar-refractivity contribution in [2.24, 2.45) is 11.3 Å². The zero-order valence-corrected chi connectivity index (χ0v) is 16.3. The lowest BCUT2D eigenvalue weighted by Gasteiger charge is -2.36. The van der Waals surface area contributed by atoms with Gasteiger partial charge in [0.1, 0.15) is 5.75 Å². The van der Waals surface area contributed by atoms with Crippen molar-refractivity contribution in [3.05, 3.63) is 59.5 Å². The Hall–Kier alpha value is -2.82. The van der Waals surface area contributed by atoms with Crippen LogP contribution in [0.2, 0.25) is 0 Å². The number of carbonyl (C=O) groups excluding carboxylic acids is 1. The van der Waals surface area contributed by atoms with Gasteiger partial charge >= 0.3 is 0 Å². The van der Waals surface area contributed by atoms with Crippen LogP contribution >= 0.6 is 0 Å². The Balaban J connectivity index is 1.67. The van der Waals surface area contributed by atoms with E-state index in [4.69, 9.17) is 9.26 Å². The number of hydrogen-bond donors (Lipinski definition) is 1. The van der Waals surface area contributed by atoms with Gasteiger partial charge in [-0.05, 0) is 55.5 Å². The quantitative estimate of drug-likeness (QED) is 0.726. The van der Waals surface area contributed by atoms with Crippen molar-refractivity contribution in [3.63, 3.8) is 0 Å². The summed E-state index contributed by atoms with van der Waals surface area (Å²) in [6.07, 6.45) is 8.64. The van der Waals surface area contributed by atoms with Gasteiger partial charge in [-0.1, -0.05) is 36.7 Å². The number of nitrogens with one attached hydrogen (secondary N) is 1. The lowest BCUT2D eigenvalue weighted by atomic mass is 9.68. The number of methoxy groups -OCH3 is 1. The van der Waals surface area contributed by atoms with Gasteiger partial charge in [0.15, 0.2) is 11.5 Å². The molecule has 1 unspecified atom stereocenters. The summed E-state index contributed by atoms with van der Waals surface area (Å²) >= 11 is 0. The molecule has 0 aliphatic heterocycles. The standard InChI is InChI=1S/C22H26N2O3/c1-15-6-5-13-22(2,3)19(15)12-11-18-14-20(24-27-18)21(25)23-16-7-9-17(26-4)10-8-16/h6-12,14,19H,5,13H2,1-4H3,(H,23,25)/b12-11+. The Bertz CT molecular complexity index is 860.